The summed E-state index contributed by atoms with van der Waals surface area (Å²) >= 11 is 0. The summed E-state index contributed by atoms with van der Waals surface area (Å²) in [4.78, 5) is 11.0. The van der Waals surface area contributed by atoms with Crippen LogP contribution in [0.2, 0.25) is 0 Å². The Bertz CT molecular complexity index is 748. The zero-order valence-corrected chi connectivity index (χ0v) is 14.7. The van der Waals surface area contributed by atoms with Crippen molar-refractivity contribution in [3.8, 4) is 17.5 Å². The molecule has 0 saturated carbocycles. The van der Waals surface area contributed by atoms with Gasteiger partial charge < -0.3 is 14.2 Å². The van der Waals surface area contributed by atoms with Crippen molar-refractivity contribution in [3.63, 3.8) is 0 Å². The number of hydrogen-bond acceptors (Lipinski definition) is 6. The van der Waals surface area contributed by atoms with E-state index < -0.39 is 0 Å². The maximum absolute atomic E-state index is 12.9. The van der Waals surface area contributed by atoms with E-state index in [-0.39, 0.29) is 18.0 Å². The van der Waals surface area contributed by atoms with E-state index in [0.29, 0.717) is 30.7 Å². The third-order valence-corrected chi connectivity index (χ3v) is 4.87. The summed E-state index contributed by atoms with van der Waals surface area (Å²) in [6.07, 6.45) is 3.08. The molecule has 0 aromatic carbocycles. The normalized spacial score (nSPS) is 19.2. The van der Waals surface area contributed by atoms with Crippen LogP contribution in [-0.2, 0) is 0 Å². The summed E-state index contributed by atoms with van der Waals surface area (Å²) in [7, 11) is 0. The topological polar surface area (TPSA) is 56.7 Å². The lowest BCUT2D eigenvalue weighted by atomic mass is 10.0. The van der Waals surface area contributed by atoms with Crippen molar-refractivity contribution in [2.24, 2.45) is 0 Å². The van der Waals surface area contributed by atoms with Crippen molar-refractivity contribution in [1.29, 1.82) is 0 Å². The lowest BCUT2D eigenvalue weighted by Crippen LogP contribution is -2.40. The SMILES string of the molecule is CC(c1ccc2c(n1)OCCO2)N1CCC(Oc2ccc(F)cn2)CC1. The van der Waals surface area contributed by atoms with Crippen LogP contribution < -0.4 is 14.2 Å². The molecule has 2 aliphatic heterocycles. The van der Waals surface area contributed by atoms with Gasteiger partial charge in [0.05, 0.1) is 11.9 Å². The molecular formula is C19H22FN3O3. The minimum atomic E-state index is -0.354. The average Bonchev–Trinajstić information content (AvgIpc) is 2.69. The first-order chi connectivity index (χ1) is 12.7. The predicted molar refractivity (Wildman–Crippen MR) is 93.1 cm³/mol. The van der Waals surface area contributed by atoms with Gasteiger partial charge in [-0.05, 0) is 38.0 Å². The van der Waals surface area contributed by atoms with E-state index in [1.165, 1.54) is 12.3 Å². The van der Waals surface area contributed by atoms with Gasteiger partial charge in [0.2, 0.25) is 5.88 Å². The van der Waals surface area contributed by atoms with Crippen LogP contribution in [0.25, 0.3) is 0 Å². The van der Waals surface area contributed by atoms with Crippen LogP contribution in [0.4, 0.5) is 4.39 Å². The van der Waals surface area contributed by atoms with Gasteiger partial charge in [-0.1, -0.05) is 0 Å². The van der Waals surface area contributed by atoms with Gasteiger partial charge >= 0.3 is 0 Å². The quantitative estimate of drug-likeness (QED) is 0.837. The van der Waals surface area contributed by atoms with Gasteiger partial charge in [-0.25, -0.2) is 14.4 Å². The molecule has 7 heteroatoms. The van der Waals surface area contributed by atoms with Crippen LogP contribution in [-0.4, -0.2) is 47.3 Å². The predicted octanol–water partition coefficient (Wildman–Crippen LogP) is 2.99. The molecule has 2 aromatic heterocycles. The second kappa shape index (κ2) is 7.45. The third kappa shape index (κ3) is 3.72. The van der Waals surface area contributed by atoms with Crippen LogP contribution in [0.5, 0.6) is 17.5 Å². The molecule has 1 saturated heterocycles. The highest BCUT2D eigenvalue weighted by Gasteiger charge is 2.26. The van der Waals surface area contributed by atoms with Gasteiger partial charge in [0, 0.05) is 25.2 Å². The number of ether oxygens (including phenoxy) is 3. The molecule has 0 radical (unpaired) electrons. The first kappa shape index (κ1) is 17.0. The first-order valence-electron chi connectivity index (χ1n) is 8.98. The Morgan fingerprint density at radius 1 is 1.15 bits per heavy atom. The Kier molecular flexibility index (Phi) is 4.88. The Balaban J connectivity index is 1.34. The molecule has 26 heavy (non-hydrogen) atoms. The molecule has 1 atom stereocenters. The molecule has 4 rings (SSSR count). The Labute approximate surface area is 151 Å². The number of piperidine rings is 1. The highest BCUT2D eigenvalue weighted by atomic mass is 19.1. The molecule has 6 nitrogen and oxygen atoms in total. The molecule has 0 bridgehead atoms. The molecular weight excluding hydrogens is 337 g/mol. The molecule has 0 amide bonds. The zero-order valence-electron chi connectivity index (χ0n) is 14.7. The Morgan fingerprint density at radius 3 is 2.73 bits per heavy atom. The molecule has 1 unspecified atom stereocenters. The minimum Gasteiger partial charge on any atom is -0.484 e. The number of hydrogen-bond donors (Lipinski definition) is 0. The number of nitrogens with zero attached hydrogens (tertiary/aromatic N) is 3. The fraction of sp³-hybridized carbons (Fsp3) is 0.474. The smallest absolute Gasteiger partial charge is 0.257 e. The van der Waals surface area contributed by atoms with Crippen LogP contribution in [0.3, 0.4) is 0 Å². The maximum atomic E-state index is 12.9. The van der Waals surface area contributed by atoms with E-state index in [0.717, 1.165) is 31.6 Å². The van der Waals surface area contributed by atoms with Crippen LogP contribution in [0.15, 0.2) is 30.5 Å². The van der Waals surface area contributed by atoms with Crippen molar-refractivity contribution < 1.29 is 18.6 Å². The van der Waals surface area contributed by atoms with Gasteiger partial charge in [-0.15, -0.1) is 0 Å². The Morgan fingerprint density at radius 2 is 1.96 bits per heavy atom. The molecule has 0 aliphatic carbocycles. The molecule has 0 spiro atoms. The summed E-state index contributed by atoms with van der Waals surface area (Å²) in [5.41, 5.74) is 0.980. The molecule has 1 fully saturated rings. The highest BCUT2D eigenvalue weighted by molar-refractivity contribution is 5.36. The first-order valence-corrected chi connectivity index (χ1v) is 8.98. The average molecular weight is 359 g/mol. The van der Waals surface area contributed by atoms with E-state index in [1.807, 2.05) is 12.1 Å². The molecule has 4 heterocycles. The van der Waals surface area contributed by atoms with Crippen molar-refractivity contribution in [1.82, 2.24) is 14.9 Å². The van der Waals surface area contributed by atoms with Gasteiger partial charge in [0.15, 0.2) is 5.75 Å². The van der Waals surface area contributed by atoms with Gasteiger partial charge in [0.25, 0.3) is 5.88 Å². The fourth-order valence-corrected chi connectivity index (χ4v) is 3.35. The maximum Gasteiger partial charge on any atom is 0.257 e. The summed E-state index contributed by atoms with van der Waals surface area (Å²) in [5.74, 6) is 1.42. The van der Waals surface area contributed by atoms with Gasteiger partial charge in [0.1, 0.15) is 25.1 Å². The molecule has 0 N–H and O–H groups in total. The molecule has 138 valence electrons. The highest BCUT2D eigenvalue weighted by Crippen LogP contribution is 2.31. The van der Waals surface area contributed by atoms with E-state index in [2.05, 4.69) is 21.8 Å². The van der Waals surface area contributed by atoms with Crippen molar-refractivity contribution in [2.75, 3.05) is 26.3 Å². The summed E-state index contributed by atoms with van der Waals surface area (Å²) in [6, 6.07) is 7.07. The zero-order chi connectivity index (χ0) is 17.9. The Hall–Kier alpha value is -2.41. The van der Waals surface area contributed by atoms with Crippen LogP contribution >= 0.6 is 0 Å². The van der Waals surface area contributed by atoms with Crippen LogP contribution in [0, 0.1) is 5.82 Å². The monoisotopic (exact) mass is 359 g/mol. The van der Waals surface area contributed by atoms with Crippen LogP contribution in [0.1, 0.15) is 31.5 Å². The van der Waals surface area contributed by atoms with E-state index in [9.17, 15) is 4.39 Å². The van der Waals surface area contributed by atoms with E-state index in [4.69, 9.17) is 14.2 Å². The van der Waals surface area contributed by atoms with Crippen molar-refractivity contribution >= 4 is 0 Å². The molecule has 2 aliphatic rings. The summed E-state index contributed by atoms with van der Waals surface area (Å²) in [6.45, 7) is 5.07. The summed E-state index contributed by atoms with van der Waals surface area (Å²) < 4.78 is 29.9. The standard InChI is InChI=1S/C19H22FN3O3/c1-13(16-3-4-17-19(22-16)25-11-10-24-17)23-8-6-15(7-9-23)26-18-5-2-14(20)12-21-18/h2-5,12-13,15H,6-11H2,1H3. The van der Waals surface area contributed by atoms with Gasteiger partial charge in [-0.2, -0.15) is 0 Å². The van der Waals surface area contributed by atoms with E-state index >= 15 is 0 Å². The second-order valence-corrected chi connectivity index (χ2v) is 6.58. The number of fused-ring (bicyclic) bond motifs is 1. The number of aromatic nitrogens is 2. The number of pyridine rings is 2. The van der Waals surface area contributed by atoms with Gasteiger partial charge in [-0.3, -0.25) is 4.90 Å². The lowest BCUT2D eigenvalue weighted by Gasteiger charge is -2.35. The summed E-state index contributed by atoms with van der Waals surface area (Å²) in [5, 5.41) is 0. The number of halogens is 1. The third-order valence-electron chi connectivity index (χ3n) is 4.87. The lowest BCUT2D eigenvalue weighted by molar-refractivity contribution is 0.0752. The van der Waals surface area contributed by atoms with Crippen molar-refractivity contribution in [2.45, 2.75) is 31.9 Å². The second-order valence-electron chi connectivity index (χ2n) is 6.58. The minimum absolute atomic E-state index is 0.102. The fourth-order valence-electron chi connectivity index (χ4n) is 3.35. The van der Waals surface area contributed by atoms with Crippen molar-refractivity contribution in [3.05, 3.63) is 42.0 Å². The largest absolute Gasteiger partial charge is 0.484 e. The molecule has 2 aromatic rings. The number of likely N-dealkylation sites (tertiary alicyclic amines) is 1. The van der Waals surface area contributed by atoms with E-state index in [1.54, 1.807) is 6.07 Å². The number of rotatable bonds is 4.